The molecule has 0 radical (unpaired) electrons. The summed E-state index contributed by atoms with van der Waals surface area (Å²) in [4.78, 5) is 40.1. The van der Waals surface area contributed by atoms with Crippen LogP contribution in [0.4, 0.5) is 4.79 Å². The van der Waals surface area contributed by atoms with Crippen molar-refractivity contribution < 1.29 is 19.1 Å². The molecular formula is C23H35N3O4. The number of hydrogen-bond acceptors (Lipinski definition) is 4. The van der Waals surface area contributed by atoms with Crippen molar-refractivity contribution in [1.82, 2.24) is 15.5 Å². The minimum absolute atomic E-state index is 0.0201. The molecule has 0 aromatic heterocycles. The van der Waals surface area contributed by atoms with Crippen LogP contribution >= 0.6 is 0 Å². The zero-order valence-corrected chi connectivity index (χ0v) is 19.2. The number of rotatable bonds is 6. The first-order valence-electron chi connectivity index (χ1n) is 10.4. The van der Waals surface area contributed by atoms with Crippen molar-refractivity contribution in [3.05, 3.63) is 35.4 Å². The van der Waals surface area contributed by atoms with Crippen LogP contribution in [0.5, 0.6) is 0 Å². The molecule has 1 unspecified atom stereocenters. The summed E-state index contributed by atoms with van der Waals surface area (Å²) in [5.41, 5.74) is 0.631. The Labute approximate surface area is 179 Å². The van der Waals surface area contributed by atoms with Gasteiger partial charge in [0.05, 0.1) is 0 Å². The summed E-state index contributed by atoms with van der Waals surface area (Å²) >= 11 is 0. The van der Waals surface area contributed by atoms with Gasteiger partial charge in [-0.05, 0) is 72.4 Å². The second kappa shape index (κ2) is 9.06. The summed E-state index contributed by atoms with van der Waals surface area (Å²) < 4.78 is 5.22. The number of amides is 3. The Morgan fingerprint density at radius 3 is 2.20 bits per heavy atom. The summed E-state index contributed by atoms with van der Waals surface area (Å²) in [6, 6.07) is 6.81. The maximum absolute atomic E-state index is 13.3. The molecule has 1 aromatic rings. The molecule has 7 nitrogen and oxygen atoms in total. The zero-order chi connectivity index (χ0) is 22.7. The van der Waals surface area contributed by atoms with E-state index in [1.807, 2.05) is 52.0 Å². The van der Waals surface area contributed by atoms with Gasteiger partial charge in [-0.25, -0.2) is 4.79 Å². The molecule has 30 heavy (non-hydrogen) atoms. The molecule has 0 heterocycles. The Bertz CT molecular complexity index is 788. The Hall–Kier alpha value is -2.57. The van der Waals surface area contributed by atoms with E-state index >= 15 is 0 Å². The fourth-order valence-corrected chi connectivity index (χ4v) is 3.21. The average molecular weight is 418 g/mol. The van der Waals surface area contributed by atoms with Crippen molar-refractivity contribution in [1.29, 1.82) is 0 Å². The Morgan fingerprint density at radius 1 is 1.10 bits per heavy atom. The minimum atomic E-state index is -0.758. The molecule has 2 rings (SSSR count). The van der Waals surface area contributed by atoms with Crippen LogP contribution in [-0.2, 0) is 14.3 Å². The van der Waals surface area contributed by atoms with E-state index in [0.717, 1.165) is 24.0 Å². The van der Waals surface area contributed by atoms with Crippen LogP contribution in [-0.4, -0.2) is 46.5 Å². The number of aryl methyl sites for hydroxylation is 1. The summed E-state index contributed by atoms with van der Waals surface area (Å²) in [7, 11) is 0. The Kier molecular flexibility index (Phi) is 7.16. The zero-order valence-electron chi connectivity index (χ0n) is 19.2. The van der Waals surface area contributed by atoms with Crippen LogP contribution in [0.15, 0.2) is 24.3 Å². The van der Waals surface area contributed by atoms with Crippen molar-refractivity contribution in [3.8, 4) is 0 Å². The maximum Gasteiger partial charge on any atom is 0.408 e. The molecule has 7 heteroatoms. The van der Waals surface area contributed by atoms with Gasteiger partial charge >= 0.3 is 6.09 Å². The van der Waals surface area contributed by atoms with E-state index in [0.29, 0.717) is 0 Å². The molecule has 1 fully saturated rings. The van der Waals surface area contributed by atoms with E-state index in [4.69, 9.17) is 4.74 Å². The van der Waals surface area contributed by atoms with Gasteiger partial charge in [-0.1, -0.05) is 24.3 Å². The first-order valence-corrected chi connectivity index (χ1v) is 10.4. The molecule has 1 aromatic carbocycles. The van der Waals surface area contributed by atoms with Gasteiger partial charge < -0.3 is 20.3 Å². The highest BCUT2D eigenvalue weighted by molar-refractivity contribution is 5.91. The molecule has 1 saturated carbocycles. The van der Waals surface area contributed by atoms with Gasteiger partial charge in [0.15, 0.2) is 0 Å². The molecule has 166 valence electrons. The third-order valence-electron chi connectivity index (χ3n) is 4.52. The average Bonchev–Trinajstić information content (AvgIpc) is 3.40. The van der Waals surface area contributed by atoms with Gasteiger partial charge in [-0.3, -0.25) is 9.59 Å². The molecule has 0 bridgehead atoms. The highest BCUT2D eigenvalue weighted by Gasteiger charge is 2.42. The third-order valence-corrected chi connectivity index (χ3v) is 4.52. The van der Waals surface area contributed by atoms with Gasteiger partial charge in [-0.2, -0.15) is 0 Å². The van der Waals surface area contributed by atoms with E-state index < -0.39 is 23.3 Å². The number of nitrogens with one attached hydrogen (secondary N) is 2. The van der Waals surface area contributed by atoms with E-state index in [1.54, 1.807) is 25.7 Å². The fraction of sp³-hybridized carbons (Fsp3) is 0.609. The quantitative estimate of drug-likeness (QED) is 0.742. The summed E-state index contributed by atoms with van der Waals surface area (Å²) in [5, 5.41) is 5.54. The number of hydrogen-bond donors (Lipinski definition) is 2. The van der Waals surface area contributed by atoms with Crippen molar-refractivity contribution in [3.63, 3.8) is 0 Å². The van der Waals surface area contributed by atoms with Gasteiger partial charge in [0.1, 0.15) is 18.2 Å². The van der Waals surface area contributed by atoms with E-state index in [2.05, 4.69) is 10.6 Å². The highest BCUT2D eigenvalue weighted by Crippen LogP contribution is 2.36. The first-order chi connectivity index (χ1) is 13.8. The lowest BCUT2D eigenvalue weighted by atomic mass is 9.97. The summed E-state index contributed by atoms with van der Waals surface area (Å²) in [6.07, 6.45) is 1.02. The van der Waals surface area contributed by atoms with Gasteiger partial charge in [0.2, 0.25) is 11.8 Å². The number of nitrogens with zero attached hydrogens (tertiary/aromatic N) is 1. The molecule has 1 atom stereocenters. The van der Waals surface area contributed by atoms with Crippen LogP contribution in [0.3, 0.4) is 0 Å². The van der Waals surface area contributed by atoms with E-state index in [-0.39, 0.29) is 24.4 Å². The van der Waals surface area contributed by atoms with E-state index in [9.17, 15) is 14.4 Å². The molecule has 1 aliphatic rings. The van der Waals surface area contributed by atoms with Crippen LogP contribution < -0.4 is 10.6 Å². The Balaban J connectivity index is 2.28. The first kappa shape index (κ1) is 23.7. The number of carbonyl (C=O) groups is 3. The fourth-order valence-electron chi connectivity index (χ4n) is 3.21. The number of ether oxygens (including phenoxy) is 1. The van der Waals surface area contributed by atoms with Crippen LogP contribution in [0.1, 0.15) is 71.6 Å². The molecule has 1 aliphatic carbocycles. The van der Waals surface area contributed by atoms with Gasteiger partial charge in [0, 0.05) is 11.6 Å². The lowest BCUT2D eigenvalue weighted by Crippen LogP contribution is -2.52. The molecule has 3 amide bonds. The summed E-state index contributed by atoms with van der Waals surface area (Å²) in [5.74, 6) is -0.532. The second-order valence-corrected chi connectivity index (χ2v) is 9.89. The highest BCUT2D eigenvalue weighted by atomic mass is 16.6. The third kappa shape index (κ3) is 7.04. The van der Waals surface area contributed by atoms with E-state index in [1.165, 1.54) is 0 Å². The lowest BCUT2D eigenvalue weighted by Gasteiger charge is -2.34. The standard InChI is InChI=1S/C23H35N3O4/c1-15-10-8-9-11-17(15)19(20(28)25-22(2,3)4)26(16-12-13-16)18(27)14-24-21(29)30-23(5,6)7/h8-11,16,19H,12-14H2,1-7H3,(H,24,29)(H,25,28). The van der Waals surface area contributed by atoms with Gasteiger partial charge in [0.25, 0.3) is 0 Å². The molecule has 2 N–H and O–H groups in total. The lowest BCUT2D eigenvalue weighted by molar-refractivity contribution is -0.141. The van der Waals surface area contributed by atoms with Gasteiger partial charge in [-0.15, -0.1) is 0 Å². The van der Waals surface area contributed by atoms with Crippen LogP contribution in [0.25, 0.3) is 0 Å². The molecule has 0 saturated heterocycles. The molecular weight excluding hydrogens is 382 g/mol. The van der Waals surface area contributed by atoms with Crippen LogP contribution in [0.2, 0.25) is 0 Å². The predicted molar refractivity (Wildman–Crippen MR) is 116 cm³/mol. The topological polar surface area (TPSA) is 87.7 Å². The minimum Gasteiger partial charge on any atom is -0.444 e. The van der Waals surface area contributed by atoms with Crippen molar-refractivity contribution in [2.75, 3.05) is 6.54 Å². The molecule has 0 spiro atoms. The number of alkyl carbamates (subject to hydrolysis) is 1. The van der Waals surface area contributed by atoms with Crippen molar-refractivity contribution in [2.45, 2.75) is 84.5 Å². The number of carbonyl (C=O) groups excluding carboxylic acids is 3. The SMILES string of the molecule is Cc1ccccc1C(C(=O)NC(C)(C)C)N(C(=O)CNC(=O)OC(C)(C)C)C1CC1. The maximum atomic E-state index is 13.3. The predicted octanol–water partition coefficient (Wildman–Crippen LogP) is 3.47. The van der Waals surface area contributed by atoms with Crippen LogP contribution in [0, 0.1) is 6.92 Å². The largest absolute Gasteiger partial charge is 0.444 e. The van der Waals surface area contributed by atoms with Crippen molar-refractivity contribution in [2.24, 2.45) is 0 Å². The summed E-state index contributed by atoms with van der Waals surface area (Å²) in [6.45, 7) is 12.7. The molecule has 0 aliphatic heterocycles. The monoisotopic (exact) mass is 417 g/mol. The number of benzene rings is 1. The Morgan fingerprint density at radius 2 is 1.70 bits per heavy atom. The second-order valence-electron chi connectivity index (χ2n) is 9.89. The smallest absolute Gasteiger partial charge is 0.408 e. The normalized spacial score (nSPS) is 15.2. The van der Waals surface area contributed by atoms with Crippen molar-refractivity contribution >= 4 is 17.9 Å².